The number of rotatable bonds is 5. The van der Waals surface area contributed by atoms with Gasteiger partial charge in [0.2, 0.25) is 0 Å². The molecule has 1 atom stereocenters. The van der Waals surface area contributed by atoms with Crippen molar-refractivity contribution in [3.63, 3.8) is 0 Å². The third-order valence-electron chi connectivity index (χ3n) is 5.66. The predicted molar refractivity (Wildman–Crippen MR) is 135 cm³/mol. The summed E-state index contributed by atoms with van der Waals surface area (Å²) in [5.74, 6) is -2.01. The molecule has 2 aromatic carbocycles. The number of aromatic nitrogens is 1. The number of hydrogen-bond acceptors (Lipinski definition) is 8. The molecule has 1 N–H and O–H groups in total. The molecule has 0 spiro atoms. The molecule has 3 aromatic rings. The summed E-state index contributed by atoms with van der Waals surface area (Å²) in [6, 6.07) is 11.2. The first-order valence-corrected chi connectivity index (χ1v) is 12.1. The summed E-state index contributed by atoms with van der Waals surface area (Å²) in [4.78, 5) is 44.6. The largest absolute Gasteiger partial charge is 0.507 e. The second-order valence-electron chi connectivity index (χ2n) is 7.81. The van der Waals surface area contributed by atoms with Gasteiger partial charge in [-0.2, -0.15) is 0 Å². The zero-order valence-corrected chi connectivity index (χ0v) is 21.7. The van der Waals surface area contributed by atoms with E-state index in [1.807, 2.05) is 6.07 Å². The van der Waals surface area contributed by atoms with E-state index >= 15 is 0 Å². The highest BCUT2D eigenvalue weighted by atomic mass is 79.9. The SMILES string of the molecule is COC(=O)c1sc(N2C(=O)C(=O)/C(=C(/O)c3ccc(OC)cc3C)[C@H]2c2cccc(Br)c2)nc1C. The van der Waals surface area contributed by atoms with Crippen LogP contribution in [0.2, 0.25) is 0 Å². The van der Waals surface area contributed by atoms with Crippen molar-refractivity contribution in [2.45, 2.75) is 19.9 Å². The number of Topliss-reactive ketones (excluding diaryl/α,β-unsaturated/α-hetero) is 1. The summed E-state index contributed by atoms with van der Waals surface area (Å²) in [5.41, 5.74) is 1.94. The number of aliphatic hydroxyl groups excluding tert-OH is 1. The van der Waals surface area contributed by atoms with Crippen molar-refractivity contribution < 1.29 is 29.0 Å². The van der Waals surface area contributed by atoms with Gasteiger partial charge in [0.05, 0.1) is 31.5 Å². The molecule has 8 nitrogen and oxygen atoms in total. The topological polar surface area (TPSA) is 106 Å². The predicted octanol–water partition coefficient (Wildman–Crippen LogP) is 4.94. The van der Waals surface area contributed by atoms with Crippen molar-refractivity contribution in [2.75, 3.05) is 19.1 Å². The van der Waals surface area contributed by atoms with Crippen molar-refractivity contribution in [2.24, 2.45) is 0 Å². The molecule has 0 bridgehead atoms. The molecule has 1 amide bonds. The molecule has 0 radical (unpaired) electrons. The Morgan fingerprint density at radius 2 is 1.89 bits per heavy atom. The van der Waals surface area contributed by atoms with E-state index in [9.17, 15) is 19.5 Å². The maximum Gasteiger partial charge on any atom is 0.350 e. The van der Waals surface area contributed by atoms with E-state index < -0.39 is 23.7 Å². The minimum absolute atomic E-state index is 0.0752. The van der Waals surface area contributed by atoms with E-state index in [-0.39, 0.29) is 21.3 Å². The number of esters is 1. The van der Waals surface area contributed by atoms with Crippen LogP contribution >= 0.6 is 27.3 Å². The first-order chi connectivity index (χ1) is 16.7. The summed E-state index contributed by atoms with van der Waals surface area (Å²) in [6.07, 6.45) is 0. The summed E-state index contributed by atoms with van der Waals surface area (Å²) in [7, 11) is 2.79. The lowest BCUT2D eigenvalue weighted by atomic mass is 9.94. The Bertz CT molecular complexity index is 1400. The number of ether oxygens (including phenoxy) is 2. The first kappa shape index (κ1) is 24.6. The van der Waals surface area contributed by atoms with Crippen molar-refractivity contribution in [3.05, 3.63) is 79.8 Å². The van der Waals surface area contributed by atoms with Gasteiger partial charge < -0.3 is 14.6 Å². The lowest BCUT2D eigenvalue weighted by molar-refractivity contribution is -0.132. The van der Waals surface area contributed by atoms with Crippen molar-refractivity contribution in [3.8, 4) is 5.75 Å². The van der Waals surface area contributed by atoms with E-state index in [2.05, 4.69) is 20.9 Å². The Morgan fingerprint density at radius 1 is 1.14 bits per heavy atom. The fourth-order valence-corrected chi connectivity index (χ4v) is 5.39. The van der Waals surface area contributed by atoms with Gasteiger partial charge in [-0.1, -0.05) is 39.4 Å². The average molecular weight is 557 g/mol. The minimum atomic E-state index is -0.968. The molecule has 1 aliphatic heterocycles. The Kier molecular flexibility index (Phi) is 6.77. The number of aliphatic hydroxyl groups is 1. The van der Waals surface area contributed by atoms with Crippen LogP contribution in [0.3, 0.4) is 0 Å². The minimum Gasteiger partial charge on any atom is -0.507 e. The maximum absolute atomic E-state index is 13.3. The third kappa shape index (κ3) is 4.35. The molecule has 0 saturated carbocycles. The van der Waals surface area contributed by atoms with Gasteiger partial charge in [-0.25, -0.2) is 9.78 Å². The van der Waals surface area contributed by atoms with Crippen LogP contribution in [0.4, 0.5) is 5.13 Å². The monoisotopic (exact) mass is 556 g/mol. The number of ketones is 1. The second-order valence-corrected chi connectivity index (χ2v) is 9.70. The molecule has 4 rings (SSSR count). The van der Waals surface area contributed by atoms with Crippen molar-refractivity contribution in [1.82, 2.24) is 4.98 Å². The number of benzene rings is 2. The van der Waals surface area contributed by atoms with Crippen LogP contribution in [-0.4, -0.2) is 42.0 Å². The molecule has 10 heteroatoms. The highest BCUT2D eigenvalue weighted by Gasteiger charge is 2.48. The molecule has 1 saturated heterocycles. The quantitative estimate of drug-likeness (QED) is 0.205. The standard InChI is InChI=1S/C25H21BrN2O6S/c1-12-10-16(33-3)8-9-17(12)20(29)18-19(14-6-5-7-15(26)11-14)28(23(31)21(18)30)25-27-13(2)22(35-25)24(32)34-4/h5-11,19,29H,1-4H3/b20-18+/t19-/m1/s1. The third-order valence-corrected chi connectivity index (χ3v) is 7.29. The number of hydrogen-bond donors (Lipinski definition) is 1. The highest BCUT2D eigenvalue weighted by Crippen LogP contribution is 2.44. The number of anilines is 1. The number of thiazole rings is 1. The summed E-state index contributed by atoms with van der Waals surface area (Å²) < 4.78 is 10.8. The first-order valence-electron chi connectivity index (χ1n) is 10.4. The molecule has 180 valence electrons. The lowest BCUT2D eigenvalue weighted by Gasteiger charge is -2.23. The summed E-state index contributed by atoms with van der Waals surface area (Å²) in [6.45, 7) is 3.40. The molecule has 0 unspecified atom stereocenters. The molecule has 1 aliphatic rings. The summed E-state index contributed by atoms with van der Waals surface area (Å²) in [5, 5.41) is 11.5. The zero-order chi connectivity index (χ0) is 25.4. The molecule has 2 heterocycles. The van der Waals surface area contributed by atoms with Crippen LogP contribution < -0.4 is 9.64 Å². The fraction of sp³-hybridized carbons (Fsp3) is 0.200. The fourth-order valence-electron chi connectivity index (χ4n) is 3.96. The van der Waals surface area contributed by atoms with Crippen LogP contribution in [0.15, 0.2) is 52.5 Å². The molecule has 1 aromatic heterocycles. The number of carbonyl (C=O) groups is 3. The van der Waals surface area contributed by atoms with E-state index in [1.165, 1.54) is 19.1 Å². The highest BCUT2D eigenvalue weighted by molar-refractivity contribution is 9.10. The number of halogens is 1. The van der Waals surface area contributed by atoms with Crippen LogP contribution in [0.25, 0.3) is 5.76 Å². The van der Waals surface area contributed by atoms with Crippen molar-refractivity contribution in [1.29, 1.82) is 0 Å². The smallest absolute Gasteiger partial charge is 0.350 e. The van der Waals surface area contributed by atoms with E-state index in [1.54, 1.807) is 50.2 Å². The average Bonchev–Trinajstić information content (AvgIpc) is 3.34. The molecular formula is C25H21BrN2O6S. The van der Waals surface area contributed by atoms with Gasteiger partial charge in [-0.15, -0.1) is 0 Å². The van der Waals surface area contributed by atoms with Gasteiger partial charge in [0.1, 0.15) is 16.4 Å². The van der Waals surface area contributed by atoms with E-state index in [0.717, 1.165) is 15.8 Å². The van der Waals surface area contributed by atoms with Gasteiger partial charge in [-0.3, -0.25) is 14.5 Å². The Hall–Kier alpha value is -3.50. The Morgan fingerprint density at radius 3 is 2.51 bits per heavy atom. The second kappa shape index (κ2) is 9.63. The number of nitrogens with zero attached hydrogens (tertiary/aromatic N) is 2. The van der Waals surface area contributed by atoms with E-state index in [4.69, 9.17) is 9.47 Å². The lowest BCUT2D eigenvalue weighted by Crippen LogP contribution is -2.29. The van der Waals surface area contributed by atoms with Gasteiger partial charge >= 0.3 is 11.9 Å². The molecule has 1 fully saturated rings. The van der Waals surface area contributed by atoms with Gasteiger partial charge in [0.25, 0.3) is 5.78 Å². The Balaban J connectivity index is 1.95. The van der Waals surface area contributed by atoms with Gasteiger partial charge in [-0.05, 0) is 55.3 Å². The van der Waals surface area contributed by atoms with Crippen molar-refractivity contribution >= 4 is 55.8 Å². The number of carbonyl (C=O) groups excluding carboxylic acids is 3. The zero-order valence-electron chi connectivity index (χ0n) is 19.3. The van der Waals surface area contributed by atoms with Gasteiger partial charge in [0.15, 0.2) is 5.13 Å². The van der Waals surface area contributed by atoms with Crippen LogP contribution in [0.1, 0.15) is 38.1 Å². The molecular weight excluding hydrogens is 536 g/mol. The van der Waals surface area contributed by atoms with E-state index in [0.29, 0.717) is 28.1 Å². The number of aryl methyl sites for hydroxylation is 2. The summed E-state index contributed by atoms with van der Waals surface area (Å²) >= 11 is 4.38. The van der Waals surface area contributed by atoms with Crippen LogP contribution in [-0.2, 0) is 14.3 Å². The van der Waals surface area contributed by atoms with Crippen LogP contribution in [0, 0.1) is 13.8 Å². The van der Waals surface area contributed by atoms with Gasteiger partial charge in [0, 0.05) is 10.0 Å². The number of methoxy groups -OCH3 is 2. The molecule has 35 heavy (non-hydrogen) atoms. The van der Waals surface area contributed by atoms with Crippen LogP contribution in [0.5, 0.6) is 5.75 Å². The molecule has 0 aliphatic carbocycles. The Labute approximate surface area is 213 Å². The normalized spacial score (nSPS) is 17.1. The number of amides is 1. The maximum atomic E-state index is 13.3.